The summed E-state index contributed by atoms with van der Waals surface area (Å²) < 4.78 is 0. The Bertz CT molecular complexity index is 768. The molecule has 106 valence electrons. The summed E-state index contributed by atoms with van der Waals surface area (Å²) >= 11 is 0. The Kier molecular flexibility index (Phi) is 2.74. The maximum atomic E-state index is 12.2. The summed E-state index contributed by atoms with van der Waals surface area (Å²) in [7, 11) is 0. The molecule has 1 aliphatic carbocycles. The predicted octanol–water partition coefficient (Wildman–Crippen LogP) is 3.69. The zero-order valence-electron chi connectivity index (χ0n) is 12.1. The lowest BCUT2D eigenvalue weighted by molar-refractivity contribution is -0.110. The number of aromatic amines is 1. The van der Waals surface area contributed by atoms with Crippen molar-refractivity contribution in [2.75, 3.05) is 5.32 Å². The molecule has 0 saturated carbocycles. The Morgan fingerprint density at radius 3 is 2.95 bits per heavy atom. The molecule has 0 radical (unpaired) electrons. The van der Waals surface area contributed by atoms with Gasteiger partial charge in [-0.25, -0.2) is 0 Å². The third-order valence-corrected chi connectivity index (χ3v) is 4.48. The van der Waals surface area contributed by atoms with Crippen LogP contribution in [0.25, 0.3) is 11.6 Å². The maximum Gasteiger partial charge on any atom is 0.256 e. The zero-order valence-corrected chi connectivity index (χ0v) is 12.1. The van der Waals surface area contributed by atoms with E-state index in [0.29, 0.717) is 0 Å². The van der Waals surface area contributed by atoms with E-state index in [1.54, 1.807) is 0 Å². The summed E-state index contributed by atoms with van der Waals surface area (Å²) in [5.74, 6) is 0.00126. The van der Waals surface area contributed by atoms with Gasteiger partial charge in [0.2, 0.25) is 0 Å². The van der Waals surface area contributed by atoms with Crippen molar-refractivity contribution < 1.29 is 4.79 Å². The van der Waals surface area contributed by atoms with Crippen molar-refractivity contribution in [2.24, 2.45) is 0 Å². The average Bonchev–Trinajstić information content (AvgIpc) is 3.02. The predicted molar refractivity (Wildman–Crippen MR) is 85.1 cm³/mol. The lowest BCUT2D eigenvalue weighted by Gasteiger charge is -2.11. The summed E-state index contributed by atoms with van der Waals surface area (Å²) in [6.07, 6.45) is 8.82. The molecule has 0 spiro atoms. The van der Waals surface area contributed by atoms with Gasteiger partial charge in [0.15, 0.2) is 0 Å². The number of H-pyrrole nitrogens is 1. The molecule has 1 aromatic heterocycles. The van der Waals surface area contributed by atoms with Crippen molar-refractivity contribution in [3.63, 3.8) is 0 Å². The van der Waals surface area contributed by atoms with E-state index in [4.69, 9.17) is 0 Å². The molecule has 2 aromatic rings. The van der Waals surface area contributed by atoms with Gasteiger partial charge in [-0.1, -0.05) is 11.6 Å². The fraction of sp³-hybridized carbons (Fsp3) is 0.278. The number of hydrogen-bond donors (Lipinski definition) is 2. The van der Waals surface area contributed by atoms with Crippen LogP contribution in [0.5, 0.6) is 0 Å². The van der Waals surface area contributed by atoms with Crippen LogP contribution in [0.1, 0.15) is 40.8 Å². The van der Waals surface area contributed by atoms with Gasteiger partial charge in [-0.2, -0.15) is 0 Å². The number of hydrogen-bond acceptors (Lipinski definition) is 1. The second-order valence-electron chi connectivity index (χ2n) is 5.97. The number of amides is 1. The van der Waals surface area contributed by atoms with E-state index >= 15 is 0 Å². The normalized spacial score (nSPS) is 18.5. The Hall–Kier alpha value is -2.29. The van der Waals surface area contributed by atoms with Crippen molar-refractivity contribution in [1.29, 1.82) is 0 Å². The molecule has 1 amide bonds. The van der Waals surface area contributed by atoms with E-state index in [0.717, 1.165) is 29.7 Å². The molecule has 3 nitrogen and oxygen atoms in total. The second kappa shape index (κ2) is 4.62. The van der Waals surface area contributed by atoms with Crippen LogP contribution in [0.3, 0.4) is 0 Å². The number of benzene rings is 1. The van der Waals surface area contributed by atoms with Crippen LogP contribution in [-0.4, -0.2) is 10.9 Å². The van der Waals surface area contributed by atoms with Gasteiger partial charge in [0, 0.05) is 28.7 Å². The molecule has 2 heterocycles. The topological polar surface area (TPSA) is 44.9 Å². The van der Waals surface area contributed by atoms with E-state index in [1.807, 2.05) is 24.4 Å². The summed E-state index contributed by atoms with van der Waals surface area (Å²) in [4.78, 5) is 15.6. The van der Waals surface area contributed by atoms with Crippen molar-refractivity contribution in [3.05, 3.63) is 52.3 Å². The molecule has 1 aromatic carbocycles. The van der Waals surface area contributed by atoms with Gasteiger partial charge in [-0.05, 0) is 61.9 Å². The standard InChI is InChI=1S/C18H18N2O/c1-11-6-7-17-14(8-11)15(18(21)20-17)9-12-10-19-16-5-3-2-4-13(12)16/h6-10,19H,2-5H2,1H3,(H,20,21). The van der Waals surface area contributed by atoms with Crippen LogP contribution in [0.4, 0.5) is 5.69 Å². The summed E-state index contributed by atoms with van der Waals surface area (Å²) in [6.45, 7) is 2.05. The smallest absolute Gasteiger partial charge is 0.256 e. The first-order valence-electron chi connectivity index (χ1n) is 7.55. The summed E-state index contributed by atoms with van der Waals surface area (Å²) in [6, 6.07) is 6.09. The Morgan fingerprint density at radius 2 is 2.05 bits per heavy atom. The summed E-state index contributed by atoms with van der Waals surface area (Å²) in [5.41, 5.74) is 7.79. The third kappa shape index (κ3) is 2.00. The van der Waals surface area contributed by atoms with E-state index in [2.05, 4.69) is 23.3 Å². The van der Waals surface area contributed by atoms with Crippen molar-refractivity contribution in [3.8, 4) is 0 Å². The van der Waals surface area contributed by atoms with Gasteiger partial charge < -0.3 is 10.3 Å². The molecule has 0 fully saturated rings. The van der Waals surface area contributed by atoms with E-state index in [9.17, 15) is 4.79 Å². The van der Waals surface area contributed by atoms with Crippen LogP contribution in [0.15, 0.2) is 24.4 Å². The fourth-order valence-corrected chi connectivity index (χ4v) is 3.36. The minimum absolute atomic E-state index is 0.00126. The fourth-order valence-electron chi connectivity index (χ4n) is 3.36. The third-order valence-electron chi connectivity index (χ3n) is 4.48. The molecule has 0 unspecified atom stereocenters. The molecular formula is C18H18N2O. The molecule has 2 N–H and O–H groups in total. The van der Waals surface area contributed by atoms with Gasteiger partial charge in [0.05, 0.1) is 0 Å². The molecular weight excluding hydrogens is 260 g/mol. The number of carbonyl (C=O) groups excluding carboxylic acids is 1. The minimum atomic E-state index is 0.00126. The highest BCUT2D eigenvalue weighted by Gasteiger charge is 2.25. The number of fused-ring (bicyclic) bond motifs is 2. The number of aromatic nitrogens is 1. The Labute approximate surface area is 124 Å². The van der Waals surface area contributed by atoms with E-state index in [1.165, 1.54) is 35.2 Å². The molecule has 2 aliphatic rings. The zero-order chi connectivity index (χ0) is 14.4. The molecule has 0 bridgehead atoms. The lowest BCUT2D eigenvalue weighted by Crippen LogP contribution is -2.04. The lowest BCUT2D eigenvalue weighted by atomic mass is 9.93. The molecule has 21 heavy (non-hydrogen) atoms. The van der Waals surface area contributed by atoms with Gasteiger partial charge >= 0.3 is 0 Å². The van der Waals surface area contributed by atoms with Crippen LogP contribution >= 0.6 is 0 Å². The minimum Gasteiger partial charge on any atom is -0.364 e. The van der Waals surface area contributed by atoms with Crippen molar-refractivity contribution in [1.82, 2.24) is 4.98 Å². The van der Waals surface area contributed by atoms with Gasteiger partial charge in [-0.15, -0.1) is 0 Å². The van der Waals surface area contributed by atoms with E-state index < -0.39 is 0 Å². The first-order chi connectivity index (χ1) is 10.2. The average molecular weight is 278 g/mol. The van der Waals surface area contributed by atoms with Crippen LogP contribution in [0, 0.1) is 6.92 Å². The van der Waals surface area contributed by atoms with Gasteiger partial charge in [0.25, 0.3) is 5.91 Å². The molecule has 0 saturated heterocycles. The second-order valence-corrected chi connectivity index (χ2v) is 5.97. The molecule has 4 rings (SSSR count). The Morgan fingerprint density at radius 1 is 1.19 bits per heavy atom. The van der Waals surface area contributed by atoms with Crippen LogP contribution in [-0.2, 0) is 17.6 Å². The van der Waals surface area contributed by atoms with Crippen LogP contribution < -0.4 is 5.32 Å². The van der Waals surface area contributed by atoms with Crippen molar-refractivity contribution >= 4 is 23.2 Å². The highest BCUT2D eigenvalue weighted by atomic mass is 16.2. The first kappa shape index (κ1) is 12.5. The van der Waals surface area contributed by atoms with Gasteiger partial charge in [0.1, 0.15) is 0 Å². The highest BCUT2D eigenvalue weighted by molar-refractivity contribution is 6.35. The number of rotatable bonds is 1. The van der Waals surface area contributed by atoms with Gasteiger partial charge in [-0.3, -0.25) is 4.79 Å². The summed E-state index contributed by atoms with van der Waals surface area (Å²) in [5, 5.41) is 2.95. The largest absolute Gasteiger partial charge is 0.364 e. The number of nitrogens with one attached hydrogen (secondary N) is 2. The number of anilines is 1. The number of aryl methyl sites for hydroxylation is 2. The Balaban J connectivity index is 1.82. The van der Waals surface area contributed by atoms with Crippen LogP contribution in [0.2, 0.25) is 0 Å². The molecule has 1 aliphatic heterocycles. The number of carbonyl (C=O) groups is 1. The van der Waals surface area contributed by atoms with Crippen molar-refractivity contribution in [2.45, 2.75) is 32.6 Å². The molecule has 0 atom stereocenters. The monoisotopic (exact) mass is 278 g/mol. The maximum absolute atomic E-state index is 12.2. The first-order valence-corrected chi connectivity index (χ1v) is 7.55. The SMILES string of the molecule is Cc1ccc2c(c1)C(=Cc1c[nH]c3c1CCCC3)C(=O)N2. The highest BCUT2D eigenvalue weighted by Crippen LogP contribution is 2.35. The quantitative estimate of drug-likeness (QED) is 0.768. The molecule has 3 heteroatoms. The van der Waals surface area contributed by atoms with E-state index in [-0.39, 0.29) is 5.91 Å².